The molecule has 1 aliphatic heterocycles. The van der Waals surface area contributed by atoms with Crippen LogP contribution in [0, 0.1) is 13.8 Å². The number of amides is 1. The van der Waals surface area contributed by atoms with Crippen LogP contribution in [0.25, 0.3) is 5.95 Å². The number of rotatable bonds is 3. The van der Waals surface area contributed by atoms with E-state index in [-0.39, 0.29) is 12.7 Å². The van der Waals surface area contributed by atoms with Crippen LogP contribution in [-0.2, 0) is 0 Å². The zero-order valence-corrected chi connectivity index (χ0v) is 13.7. The number of ether oxygens (including phenoxy) is 2. The number of nitrogens with zero attached hydrogens (tertiary/aromatic N) is 4. The van der Waals surface area contributed by atoms with Gasteiger partial charge >= 0.3 is 0 Å². The van der Waals surface area contributed by atoms with Gasteiger partial charge in [0.2, 0.25) is 6.79 Å². The minimum atomic E-state index is -0.277. The third-order valence-electron chi connectivity index (χ3n) is 3.73. The van der Waals surface area contributed by atoms with Crippen molar-refractivity contribution in [1.82, 2.24) is 19.7 Å². The Morgan fingerprint density at radius 3 is 2.60 bits per heavy atom. The summed E-state index contributed by atoms with van der Waals surface area (Å²) < 4.78 is 12.2. The van der Waals surface area contributed by atoms with Gasteiger partial charge in [-0.3, -0.25) is 4.79 Å². The summed E-state index contributed by atoms with van der Waals surface area (Å²) in [7, 11) is 0. The first-order valence-electron chi connectivity index (χ1n) is 7.67. The van der Waals surface area contributed by atoms with Crippen molar-refractivity contribution in [3.8, 4) is 17.4 Å². The average Bonchev–Trinajstić information content (AvgIpc) is 3.20. The summed E-state index contributed by atoms with van der Waals surface area (Å²) in [6.45, 7) is 4.00. The van der Waals surface area contributed by atoms with Crippen LogP contribution < -0.4 is 14.8 Å². The van der Waals surface area contributed by atoms with Crippen LogP contribution in [-0.4, -0.2) is 32.4 Å². The van der Waals surface area contributed by atoms with Gasteiger partial charge in [-0.1, -0.05) is 0 Å². The third-order valence-corrected chi connectivity index (χ3v) is 3.73. The summed E-state index contributed by atoms with van der Waals surface area (Å²) in [5, 5.41) is 7.09. The molecule has 3 heterocycles. The Labute approximate surface area is 143 Å². The maximum Gasteiger partial charge on any atom is 0.255 e. The molecule has 25 heavy (non-hydrogen) atoms. The fourth-order valence-electron chi connectivity index (χ4n) is 2.57. The molecule has 4 rings (SSSR count). The Morgan fingerprint density at radius 1 is 1.12 bits per heavy atom. The van der Waals surface area contributed by atoms with Crippen LogP contribution >= 0.6 is 0 Å². The molecule has 1 N–H and O–H groups in total. The zero-order valence-electron chi connectivity index (χ0n) is 13.7. The normalized spacial score (nSPS) is 12.2. The molecule has 0 atom stereocenters. The van der Waals surface area contributed by atoms with Gasteiger partial charge in [-0.15, -0.1) is 0 Å². The second-order valence-corrected chi connectivity index (χ2v) is 5.63. The van der Waals surface area contributed by atoms with Crippen LogP contribution in [0.5, 0.6) is 11.5 Å². The van der Waals surface area contributed by atoms with Gasteiger partial charge in [0.1, 0.15) is 0 Å². The lowest BCUT2D eigenvalue weighted by Gasteiger charge is -2.07. The average molecular weight is 337 g/mol. The number of carbonyl (C=O) groups is 1. The summed E-state index contributed by atoms with van der Waals surface area (Å²) >= 11 is 0. The number of hydrogen-bond donors (Lipinski definition) is 1. The van der Waals surface area contributed by atoms with Crippen molar-refractivity contribution < 1.29 is 14.3 Å². The molecule has 1 aliphatic rings. The van der Waals surface area contributed by atoms with Crippen LogP contribution in [0.15, 0.2) is 36.7 Å². The fraction of sp³-hybridized carbons (Fsp3) is 0.176. The highest BCUT2D eigenvalue weighted by Crippen LogP contribution is 2.32. The zero-order chi connectivity index (χ0) is 17.4. The van der Waals surface area contributed by atoms with Crippen molar-refractivity contribution in [3.63, 3.8) is 0 Å². The van der Waals surface area contributed by atoms with Crippen molar-refractivity contribution in [2.24, 2.45) is 0 Å². The van der Waals surface area contributed by atoms with E-state index in [1.807, 2.05) is 19.9 Å². The number of anilines is 1. The highest BCUT2D eigenvalue weighted by molar-refractivity contribution is 6.04. The van der Waals surface area contributed by atoms with Crippen molar-refractivity contribution in [2.45, 2.75) is 13.8 Å². The molecule has 126 valence electrons. The Kier molecular flexibility index (Phi) is 3.57. The summed E-state index contributed by atoms with van der Waals surface area (Å²) in [4.78, 5) is 20.9. The van der Waals surface area contributed by atoms with E-state index in [0.717, 1.165) is 11.4 Å². The lowest BCUT2D eigenvalue weighted by molar-refractivity contribution is 0.102. The molecule has 0 saturated heterocycles. The molecule has 0 aliphatic carbocycles. The van der Waals surface area contributed by atoms with Crippen LogP contribution in [0.4, 0.5) is 5.69 Å². The molecule has 1 aromatic carbocycles. The molecule has 8 nitrogen and oxygen atoms in total. The third kappa shape index (κ3) is 2.89. The fourth-order valence-corrected chi connectivity index (χ4v) is 2.57. The second kappa shape index (κ2) is 5.90. The van der Waals surface area contributed by atoms with E-state index < -0.39 is 0 Å². The van der Waals surface area contributed by atoms with E-state index in [1.54, 1.807) is 35.3 Å². The molecule has 1 amide bonds. The largest absolute Gasteiger partial charge is 0.454 e. The van der Waals surface area contributed by atoms with Crippen molar-refractivity contribution in [1.29, 1.82) is 0 Å². The van der Waals surface area contributed by atoms with Crippen molar-refractivity contribution in [3.05, 3.63) is 53.6 Å². The van der Waals surface area contributed by atoms with Gasteiger partial charge in [0.25, 0.3) is 11.9 Å². The first-order chi connectivity index (χ1) is 12.1. The van der Waals surface area contributed by atoms with Crippen LogP contribution in [0.2, 0.25) is 0 Å². The first kappa shape index (κ1) is 15.1. The van der Waals surface area contributed by atoms with Gasteiger partial charge < -0.3 is 14.8 Å². The Morgan fingerprint density at radius 2 is 1.88 bits per heavy atom. The van der Waals surface area contributed by atoms with Crippen molar-refractivity contribution >= 4 is 11.6 Å². The van der Waals surface area contributed by atoms with E-state index >= 15 is 0 Å². The maximum absolute atomic E-state index is 12.3. The predicted molar refractivity (Wildman–Crippen MR) is 89.1 cm³/mol. The van der Waals surface area contributed by atoms with E-state index in [2.05, 4.69) is 20.4 Å². The minimum Gasteiger partial charge on any atom is -0.454 e. The molecule has 0 saturated carbocycles. The van der Waals surface area contributed by atoms with Gasteiger partial charge in [0, 0.05) is 11.3 Å². The number of aryl methyl sites for hydroxylation is 2. The quantitative estimate of drug-likeness (QED) is 0.788. The maximum atomic E-state index is 12.3. The number of hydrogen-bond acceptors (Lipinski definition) is 6. The lowest BCUT2D eigenvalue weighted by Crippen LogP contribution is -2.13. The number of carbonyl (C=O) groups excluding carboxylic acids is 1. The predicted octanol–water partition coefficient (Wildman–Crippen LogP) is 2.26. The number of nitrogens with one attached hydrogen (secondary N) is 1. The molecule has 8 heteroatoms. The van der Waals surface area contributed by atoms with Gasteiger partial charge in [-0.2, -0.15) is 5.10 Å². The van der Waals surface area contributed by atoms with E-state index in [1.165, 1.54) is 0 Å². The number of benzene rings is 1. The first-order valence-corrected chi connectivity index (χ1v) is 7.67. The summed E-state index contributed by atoms with van der Waals surface area (Å²) in [6, 6.07) is 6.97. The molecule has 0 bridgehead atoms. The van der Waals surface area contributed by atoms with Crippen LogP contribution in [0.1, 0.15) is 21.7 Å². The lowest BCUT2D eigenvalue weighted by atomic mass is 10.2. The van der Waals surface area contributed by atoms with Crippen LogP contribution in [0.3, 0.4) is 0 Å². The number of fused-ring (bicyclic) bond motifs is 1. The van der Waals surface area contributed by atoms with Gasteiger partial charge in [-0.25, -0.2) is 14.6 Å². The highest BCUT2D eigenvalue weighted by atomic mass is 16.7. The molecular weight excluding hydrogens is 322 g/mol. The molecule has 0 radical (unpaired) electrons. The Bertz CT molecular complexity index is 949. The second-order valence-electron chi connectivity index (χ2n) is 5.63. The molecule has 3 aromatic rings. The summed E-state index contributed by atoms with van der Waals surface area (Å²) in [5.74, 6) is 1.37. The van der Waals surface area contributed by atoms with Crippen molar-refractivity contribution in [2.75, 3.05) is 12.1 Å². The standard InChI is InChI=1S/C17H15N5O3/c1-10-5-11(2)22(21-10)17-18-7-13(8-19-17)20-16(23)12-3-4-14-15(6-12)25-9-24-14/h3-8H,9H2,1-2H3,(H,20,23). The minimum absolute atomic E-state index is 0.169. The topological polar surface area (TPSA) is 91.2 Å². The van der Waals surface area contributed by atoms with E-state index in [4.69, 9.17) is 9.47 Å². The molecule has 2 aromatic heterocycles. The summed E-state index contributed by atoms with van der Waals surface area (Å²) in [6.07, 6.45) is 3.09. The van der Waals surface area contributed by atoms with E-state index in [0.29, 0.717) is 28.7 Å². The molecule has 0 spiro atoms. The van der Waals surface area contributed by atoms with Gasteiger partial charge in [-0.05, 0) is 38.1 Å². The SMILES string of the molecule is Cc1cc(C)n(-c2ncc(NC(=O)c3ccc4c(c3)OCO4)cn2)n1. The summed E-state index contributed by atoms with van der Waals surface area (Å²) in [5.41, 5.74) is 2.79. The monoisotopic (exact) mass is 337 g/mol. The van der Waals surface area contributed by atoms with Gasteiger partial charge in [0.15, 0.2) is 11.5 Å². The van der Waals surface area contributed by atoms with Gasteiger partial charge in [0.05, 0.1) is 23.8 Å². The Balaban J connectivity index is 1.51. The molecule has 0 unspecified atom stereocenters. The molecule has 0 fully saturated rings. The number of aromatic nitrogens is 4. The Hall–Kier alpha value is -3.42. The highest BCUT2D eigenvalue weighted by Gasteiger charge is 2.16. The molecular formula is C17H15N5O3. The van der Waals surface area contributed by atoms with E-state index in [9.17, 15) is 4.79 Å². The smallest absolute Gasteiger partial charge is 0.255 e.